The number of benzene rings is 1. The molecule has 1 aromatic rings. The van der Waals surface area contributed by atoms with E-state index in [9.17, 15) is 10.1 Å². The summed E-state index contributed by atoms with van der Waals surface area (Å²) in [5.74, 6) is 0.146. The number of nitrogens with zero attached hydrogens (tertiary/aromatic N) is 1. The highest BCUT2D eigenvalue weighted by Crippen LogP contribution is 2.39. The monoisotopic (exact) mass is 335 g/mol. The van der Waals surface area contributed by atoms with E-state index in [0.717, 1.165) is 28.6 Å². The van der Waals surface area contributed by atoms with Gasteiger partial charge in [0.25, 0.3) is 0 Å². The molecule has 2 N–H and O–H groups in total. The smallest absolute Gasteiger partial charge is 0.240 e. The van der Waals surface area contributed by atoms with Crippen LogP contribution in [-0.4, -0.2) is 18.0 Å². The zero-order valence-electron chi connectivity index (χ0n) is 11.7. The molecular weight excluding hydrogens is 318 g/mol. The van der Waals surface area contributed by atoms with Crippen molar-refractivity contribution in [3.8, 4) is 6.07 Å². The van der Waals surface area contributed by atoms with Crippen LogP contribution >= 0.6 is 15.9 Å². The van der Waals surface area contributed by atoms with Crippen LogP contribution in [0.15, 0.2) is 22.7 Å². The lowest BCUT2D eigenvalue weighted by atomic mass is 9.98. The van der Waals surface area contributed by atoms with Crippen LogP contribution in [0.4, 0.5) is 5.69 Å². The number of nitrogens with one attached hydrogen (secondary N) is 2. The maximum Gasteiger partial charge on any atom is 0.240 e. The first kappa shape index (κ1) is 14.9. The predicted molar refractivity (Wildman–Crippen MR) is 82.3 cm³/mol. The van der Waals surface area contributed by atoms with Crippen LogP contribution in [0.5, 0.6) is 0 Å². The second-order valence-electron chi connectivity index (χ2n) is 5.45. The number of anilines is 1. The van der Waals surface area contributed by atoms with Crippen molar-refractivity contribution in [2.75, 3.05) is 11.9 Å². The number of hydrogen-bond acceptors (Lipinski definition) is 3. The zero-order chi connectivity index (χ0) is 14.8. The van der Waals surface area contributed by atoms with E-state index in [1.807, 2.05) is 25.1 Å². The molecule has 0 bridgehead atoms. The topological polar surface area (TPSA) is 64.9 Å². The molecule has 0 saturated heterocycles. The number of aryl methyl sites for hydroxylation is 1. The number of carbonyl (C=O) groups excluding carboxylic acids is 1. The van der Waals surface area contributed by atoms with E-state index < -0.39 is 5.54 Å². The van der Waals surface area contributed by atoms with Gasteiger partial charge in [0.2, 0.25) is 5.91 Å². The third-order valence-electron chi connectivity index (χ3n) is 3.64. The first-order chi connectivity index (χ1) is 9.44. The molecule has 4 nitrogen and oxygen atoms in total. The number of nitriles is 1. The molecule has 0 aliphatic heterocycles. The van der Waals surface area contributed by atoms with Crippen LogP contribution in [0.2, 0.25) is 0 Å². The van der Waals surface area contributed by atoms with Gasteiger partial charge < -0.3 is 10.6 Å². The Hall–Kier alpha value is -1.54. The minimum absolute atomic E-state index is 0.151. The van der Waals surface area contributed by atoms with Gasteiger partial charge in [0.1, 0.15) is 5.54 Å². The van der Waals surface area contributed by atoms with Crippen molar-refractivity contribution in [2.45, 2.75) is 32.2 Å². The number of rotatable bonds is 5. The van der Waals surface area contributed by atoms with Crippen LogP contribution in [0, 0.1) is 24.2 Å². The Balaban J connectivity index is 1.89. The predicted octanol–water partition coefficient (Wildman–Crippen LogP) is 2.98. The fourth-order valence-corrected chi connectivity index (χ4v) is 2.40. The molecule has 1 aliphatic carbocycles. The molecule has 0 heterocycles. The van der Waals surface area contributed by atoms with Crippen molar-refractivity contribution in [1.29, 1.82) is 5.26 Å². The first-order valence-corrected chi connectivity index (χ1v) is 7.46. The second kappa shape index (κ2) is 5.84. The number of halogens is 1. The van der Waals surface area contributed by atoms with Gasteiger partial charge in [0, 0.05) is 10.2 Å². The van der Waals surface area contributed by atoms with Gasteiger partial charge in [-0.25, -0.2) is 0 Å². The molecule has 0 spiro atoms. The molecule has 1 unspecified atom stereocenters. The van der Waals surface area contributed by atoms with Crippen LogP contribution in [0.3, 0.4) is 0 Å². The molecule has 1 aliphatic rings. The average molecular weight is 336 g/mol. The maximum absolute atomic E-state index is 11.9. The van der Waals surface area contributed by atoms with Gasteiger partial charge in [0.15, 0.2) is 0 Å². The van der Waals surface area contributed by atoms with Gasteiger partial charge in [-0.15, -0.1) is 0 Å². The quantitative estimate of drug-likeness (QED) is 0.869. The normalized spacial score (nSPS) is 16.9. The van der Waals surface area contributed by atoms with E-state index in [-0.39, 0.29) is 12.5 Å². The summed E-state index contributed by atoms with van der Waals surface area (Å²) in [4.78, 5) is 11.9. The highest BCUT2D eigenvalue weighted by atomic mass is 79.9. The van der Waals surface area contributed by atoms with Gasteiger partial charge in [-0.1, -0.05) is 15.9 Å². The molecule has 0 radical (unpaired) electrons. The van der Waals surface area contributed by atoms with Gasteiger partial charge in [-0.2, -0.15) is 5.26 Å². The summed E-state index contributed by atoms with van der Waals surface area (Å²) in [6, 6.07) is 8.05. The Morgan fingerprint density at radius 1 is 1.55 bits per heavy atom. The molecule has 0 aromatic heterocycles. The number of hydrogen-bond donors (Lipinski definition) is 2. The summed E-state index contributed by atoms with van der Waals surface area (Å²) in [6.45, 7) is 3.96. The molecule has 1 atom stereocenters. The lowest BCUT2D eigenvalue weighted by molar-refractivity contribution is -0.120. The van der Waals surface area contributed by atoms with E-state index in [1.165, 1.54) is 0 Å². The summed E-state index contributed by atoms with van der Waals surface area (Å²) in [5, 5.41) is 15.1. The lowest BCUT2D eigenvalue weighted by Crippen LogP contribution is -2.48. The second-order valence-corrected chi connectivity index (χ2v) is 6.31. The largest absolute Gasteiger partial charge is 0.376 e. The van der Waals surface area contributed by atoms with E-state index in [2.05, 4.69) is 32.6 Å². The van der Waals surface area contributed by atoms with Crippen molar-refractivity contribution in [3.05, 3.63) is 28.2 Å². The van der Waals surface area contributed by atoms with Gasteiger partial charge in [0.05, 0.1) is 12.6 Å². The van der Waals surface area contributed by atoms with Crippen molar-refractivity contribution in [3.63, 3.8) is 0 Å². The average Bonchev–Trinajstić information content (AvgIpc) is 3.25. The molecule has 5 heteroatoms. The van der Waals surface area contributed by atoms with E-state index in [1.54, 1.807) is 6.92 Å². The van der Waals surface area contributed by atoms with Crippen LogP contribution < -0.4 is 10.6 Å². The third kappa shape index (κ3) is 3.51. The molecule has 2 rings (SSSR count). The van der Waals surface area contributed by atoms with Gasteiger partial charge >= 0.3 is 0 Å². The Kier molecular flexibility index (Phi) is 4.34. The van der Waals surface area contributed by atoms with Crippen LogP contribution in [0.1, 0.15) is 25.3 Å². The SMILES string of the molecule is Cc1cc(NCC(=O)NC(C)(C#N)C2CC2)ccc1Br. The van der Waals surface area contributed by atoms with Crippen molar-refractivity contribution in [2.24, 2.45) is 5.92 Å². The molecule has 1 amide bonds. The summed E-state index contributed by atoms with van der Waals surface area (Å²) in [5.41, 5.74) is 1.27. The third-order valence-corrected chi connectivity index (χ3v) is 4.53. The summed E-state index contributed by atoms with van der Waals surface area (Å²) in [6.07, 6.45) is 2.04. The van der Waals surface area contributed by atoms with Crippen molar-refractivity contribution in [1.82, 2.24) is 5.32 Å². The van der Waals surface area contributed by atoms with Crippen LogP contribution in [-0.2, 0) is 4.79 Å². The Bertz CT molecular complexity index is 563. The highest BCUT2D eigenvalue weighted by molar-refractivity contribution is 9.10. The standard InChI is InChI=1S/C15H18BrN3O/c1-10-7-12(5-6-13(10)16)18-8-14(20)19-15(2,9-17)11-3-4-11/h5-7,11,18H,3-4,8H2,1-2H3,(H,19,20). The van der Waals surface area contributed by atoms with E-state index in [4.69, 9.17) is 0 Å². The number of carbonyl (C=O) groups is 1. The fourth-order valence-electron chi connectivity index (χ4n) is 2.15. The molecule has 20 heavy (non-hydrogen) atoms. The first-order valence-electron chi connectivity index (χ1n) is 6.67. The maximum atomic E-state index is 11.9. The lowest BCUT2D eigenvalue weighted by Gasteiger charge is -2.23. The van der Waals surface area contributed by atoms with E-state index in [0.29, 0.717) is 5.92 Å². The minimum atomic E-state index is -0.728. The van der Waals surface area contributed by atoms with E-state index >= 15 is 0 Å². The Morgan fingerprint density at radius 3 is 2.80 bits per heavy atom. The Morgan fingerprint density at radius 2 is 2.25 bits per heavy atom. The van der Waals surface area contributed by atoms with Crippen molar-refractivity contribution >= 4 is 27.5 Å². The Labute approximate surface area is 127 Å². The van der Waals surface area contributed by atoms with Gasteiger partial charge in [-0.3, -0.25) is 4.79 Å². The number of amides is 1. The summed E-state index contributed by atoms with van der Waals surface area (Å²) < 4.78 is 1.04. The van der Waals surface area contributed by atoms with Crippen molar-refractivity contribution < 1.29 is 4.79 Å². The molecule has 1 saturated carbocycles. The minimum Gasteiger partial charge on any atom is -0.376 e. The molecule has 1 fully saturated rings. The van der Waals surface area contributed by atoms with Crippen LogP contribution in [0.25, 0.3) is 0 Å². The molecule has 1 aromatic carbocycles. The summed E-state index contributed by atoms with van der Waals surface area (Å²) in [7, 11) is 0. The highest BCUT2D eigenvalue weighted by Gasteiger charge is 2.42. The zero-order valence-corrected chi connectivity index (χ0v) is 13.3. The fraction of sp³-hybridized carbons (Fsp3) is 0.467. The summed E-state index contributed by atoms with van der Waals surface area (Å²) >= 11 is 3.44. The molecular formula is C15H18BrN3O. The van der Waals surface area contributed by atoms with Gasteiger partial charge in [-0.05, 0) is 56.4 Å². The molecule has 106 valence electrons.